The summed E-state index contributed by atoms with van der Waals surface area (Å²) in [6.45, 7) is 2.38. The highest BCUT2D eigenvalue weighted by Gasteiger charge is 2.34. The predicted molar refractivity (Wildman–Crippen MR) is 99.7 cm³/mol. The van der Waals surface area contributed by atoms with Gasteiger partial charge < -0.3 is 19.1 Å². The van der Waals surface area contributed by atoms with Gasteiger partial charge in [0.2, 0.25) is 0 Å². The summed E-state index contributed by atoms with van der Waals surface area (Å²) in [7, 11) is 3.22. The molecule has 0 radical (unpaired) electrons. The van der Waals surface area contributed by atoms with Crippen molar-refractivity contribution >= 4 is 5.91 Å². The lowest BCUT2D eigenvalue weighted by atomic mass is 10.0. The monoisotopic (exact) mass is 373 g/mol. The van der Waals surface area contributed by atoms with Crippen LogP contribution in [0.5, 0.6) is 17.2 Å². The molecule has 2 aromatic carbocycles. The third kappa shape index (κ3) is 4.15. The van der Waals surface area contributed by atoms with Crippen molar-refractivity contribution in [2.24, 2.45) is 0 Å². The van der Waals surface area contributed by atoms with E-state index in [2.05, 4.69) is 0 Å². The summed E-state index contributed by atoms with van der Waals surface area (Å²) in [5.41, 5.74) is 0.957. The highest BCUT2D eigenvalue weighted by molar-refractivity contribution is 5.81. The third-order valence-electron chi connectivity index (χ3n) is 4.81. The van der Waals surface area contributed by atoms with Crippen LogP contribution in [0.1, 0.15) is 31.4 Å². The Morgan fingerprint density at radius 3 is 2.48 bits per heavy atom. The molecular formula is C21H24FNO4. The molecule has 0 bridgehead atoms. The summed E-state index contributed by atoms with van der Waals surface area (Å²) < 4.78 is 29.5. The Hall–Kier alpha value is -2.76. The first-order valence-corrected chi connectivity index (χ1v) is 8.98. The lowest BCUT2D eigenvalue weighted by Crippen LogP contribution is -2.40. The average Bonchev–Trinajstić information content (AvgIpc) is 3.18. The number of carbonyl (C=O) groups is 1. The summed E-state index contributed by atoms with van der Waals surface area (Å²) >= 11 is 0. The van der Waals surface area contributed by atoms with E-state index in [-0.39, 0.29) is 17.8 Å². The molecule has 2 aromatic rings. The van der Waals surface area contributed by atoms with Crippen LogP contribution in [-0.4, -0.2) is 37.7 Å². The van der Waals surface area contributed by atoms with Gasteiger partial charge in [-0.25, -0.2) is 4.39 Å². The highest BCUT2D eigenvalue weighted by Crippen LogP contribution is 2.39. The van der Waals surface area contributed by atoms with Gasteiger partial charge in [0.1, 0.15) is 23.1 Å². The minimum atomic E-state index is -0.666. The standard InChI is InChI=1S/C21H24FNO4/c1-14(27-16-8-6-15(22)7-9-16)21(24)23-12-4-5-19(23)18-11-10-17(25-2)13-20(18)26-3/h6-11,13-14,19H,4-5,12H2,1-3H3. The van der Waals surface area contributed by atoms with Crippen molar-refractivity contribution in [2.75, 3.05) is 20.8 Å². The Balaban J connectivity index is 1.77. The quantitative estimate of drug-likeness (QED) is 0.769. The number of amides is 1. The second-order valence-corrected chi connectivity index (χ2v) is 6.51. The Kier molecular flexibility index (Phi) is 5.84. The number of carbonyl (C=O) groups excluding carboxylic acids is 1. The number of nitrogens with zero attached hydrogens (tertiary/aromatic N) is 1. The van der Waals surface area contributed by atoms with Crippen molar-refractivity contribution in [1.82, 2.24) is 4.90 Å². The molecule has 27 heavy (non-hydrogen) atoms. The van der Waals surface area contributed by atoms with Gasteiger partial charge in [-0.1, -0.05) is 0 Å². The fraction of sp³-hybridized carbons (Fsp3) is 0.381. The van der Waals surface area contributed by atoms with E-state index >= 15 is 0 Å². The molecule has 0 N–H and O–H groups in total. The van der Waals surface area contributed by atoms with E-state index in [9.17, 15) is 9.18 Å². The molecule has 1 aliphatic rings. The van der Waals surface area contributed by atoms with Crippen LogP contribution < -0.4 is 14.2 Å². The Bertz CT molecular complexity index is 793. The van der Waals surface area contributed by atoms with Gasteiger partial charge in [-0.2, -0.15) is 0 Å². The van der Waals surface area contributed by atoms with Gasteiger partial charge in [0, 0.05) is 18.2 Å². The van der Waals surface area contributed by atoms with Gasteiger partial charge in [-0.05, 0) is 56.2 Å². The lowest BCUT2D eigenvalue weighted by Gasteiger charge is -2.29. The first-order chi connectivity index (χ1) is 13.0. The summed E-state index contributed by atoms with van der Waals surface area (Å²) in [4.78, 5) is 14.8. The first kappa shape index (κ1) is 19.0. The topological polar surface area (TPSA) is 48.0 Å². The minimum absolute atomic E-state index is 0.0716. The smallest absolute Gasteiger partial charge is 0.263 e. The van der Waals surface area contributed by atoms with E-state index in [1.165, 1.54) is 24.3 Å². The molecule has 144 valence electrons. The number of halogens is 1. The van der Waals surface area contributed by atoms with E-state index in [0.717, 1.165) is 18.4 Å². The van der Waals surface area contributed by atoms with Crippen LogP contribution >= 0.6 is 0 Å². The van der Waals surface area contributed by atoms with Crippen LogP contribution in [0, 0.1) is 5.82 Å². The van der Waals surface area contributed by atoms with Crippen molar-refractivity contribution in [3.8, 4) is 17.2 Å². The molecule has 0 aliphatic carbocycles. The molecular weight excluding hydrogens is 349 g/mol. The summed E-state index contributed by atoms with van der Waals surface area (Å²) in [6, 6.07) is 11.2. The lowest BCUT2D eigenvalue weighted by molar-refractivity contribution is -0.138. The Labute approximate surface area is 158 Å². The largest absolute Gasteiger partial charge is 0.497 e. The molecule has 2 atom stereocenters. The van der Waals surface area contributed by atoms with Crippen LogP contribution in [0.3, 0.4) is 0 Å². The van der Waals surface area contributed by atoms with Crippen molar-refractivity contribution in [1.29, 1.82) is 0 Å². The SMILES string of the molecule is COc1ccc(C2CCCN2C(=O)C(C)Oc2ccc(F)cc2)c(OC)c1. The number of methoxy groups -OCH3 is 2. The second-order valence-electron chi connectivity index (χ2n) is 6.51. The molecule has 0 saturated carbocycles. The highest BCUT2D eigenvalue weighted by atomic mass is 19.1. The number of likely N-dealkylation sites (tertiary alicyclic amines) is 1. The van der Waals surface area contributed by atoms with Crippen molar-refractivity contribution in [3.63, 3.8) is 0 Å². The Morgan fingerprint density at radius 1 is 1.11 bits per heavy atom. The second kappa shape index (κ2) is 8.29. The van der Waals surface area contributed by atoms with Gasteiger partial charge in [0.15, 0.2) is 6.10 Å². The van der Waals surface area contributed by atoms with E-state index in [1.54, 1.807) is 21.1 Å². The van der Waals surface area contributed by atoms with Crippen molar-refractivity contribution in [2.45, 2.75) is 31.9 Å². The molecule has 1 heterocycles. The summed E-state index contributed by atoms with van der Waals surface area (Å²) in [6.07, 6.45) is 1.10. The van der Waals surface area contributed by atoms with Crippen LogP contribution in [0.2, 0.25) is 0 Å². The fourth-order valence-electron chi connectivity index (χ4n) is 3.45. The molecule has 1 saturated heterocycles. The molecule has 5 nitrogen and oxygen atoms in total. The van der Waals surface area contributed by atoms with Gasteiger partial charge in [-0.15, -0.1) is 0 Å². The van der Waals surface area contributed by atoms with Gasteiger partial charge in [-0.3, -0.25) is 4.79 Å². The number of ether oxygens (including phenoxy) is 3. The Morgan fingerprint density at radius 2 is 1.81 bits per heavy atom. The molecule has 3 rings (SSSR count). The first-order valence-electron chi connectivity index (χ1n) is 8.98. The van der Waals surface area contributed by atoms with E-state index in [0.29, 0.717) is 23.8 Å². The normalized spacial score (nSPS) is 17.5. The van der Waals surface area contributed by atoms with E-state index in [1.807, 2.05) is 23.1 Å². The maximum Gasteiger partial charge on any atom is 0.263 e. The molecule has 1 amide bonds. The number of benzene rings is 2. The molecule has 6 heteroatoms. The number of rotatable bonds is 6. The van der Waals surface area contributed by atoms with Crippen LogP contribution in [0.25, 0.3) is 0 Å². The molecule has 0 spiro atoms. The van der Waals surface area contributed by atoms with E-state index < -0.39 is 6.10 Å². The number of hydrogen-bond donors (Lipinski definition) is 0. The maximum absolute atomic E-state index is 13.0. The van der Waals surface area contributed by atoms with Gasteiger partial charge >= 0.3 is 0 Å². The van der Waals surface area contributed by atoms with Gasteiger partial charge in [0.05, 0.1) is 20.3 Å². The van der Waals surface area contributed by atoms with Crippen LogP contribution in [0.15, 0.2) is 42.5 Å². The van der Waals surface area contributed by atoms with Gasteiger partial charge in [0.25, 0.3) is 5.91 Å². The maximum atomic E-state index is 13.0. The molecule has 2 unspecified atom stereocenters. The summed E-state index contributed by atoms with van der Waals surface area (Å²) in [5.74, 6) is 1.44. The fourth-order valence-corrected chi connectivity index (χ4v) is 3.45. The third-order valence-corrected chi connectivity index (χ3v) is 4.81. The van der Waals surface area contributed by atoms with Crippen molar-refractivity contribution in [3.05, 3.63) is 53.8 Å². The van der Waals surface area contributed by atoms with Crippen LogP contribution in [0.4, 0.5) is 4.39 Å². The predicted octanol–water partition coefficient (Wildman–Crippen LogP) is 3.97. The molecule has 0 aromatic heterocycles. The zero-order valence-electron chi connectivity index (χ0n) is 15.8. The average molecular weight is 373 g/mol. The van der Waals surface area contributed by atoms with Crippen molar-refractivity contribution < 1.29 is 23.4 Å². The molecule has 1 aliphatic heterocycles. The van der Waals surface area contributed by atoms with Crippen LogP contribution in [-0.2, 0) is 4.79 Å². The minimum Gasteiger partial charge on any atom is -0.497 e. The van der Waals surface area contributed by atoms with E-state index in [4.69, 9.17) is 14.2 Å². The summed E-state index contributed by atoms with van der Waals surface area (Å²) in [5, 5.41) is 0. The molecule has 1 fully saturated rings. The number of hydrogen-bond acceptors (Lipinski definition) is 4. The zero-order chi connectivity index (χ0) is 19.4. The zero-order valence-corrected chi connectivity index (χ0v) is 15.8.